The molecule has 124 valence electrons. The third-order valence-corrected chi connectivity index (χ3v) is 4.63. The largest absolute Gasteiger partial charge is 0.466 e. The molecular weight excluding hydrogens is 301 g/mol. The number of carbonyl (C=O) groups excluding carboxylic acids is 2. The van der Waals surface area contributed by atoms with Gasteiger partial charge in [-0.2, -0.15) is 0 Å². The molecule has 1 spiro atoms. The van der Waals surface area contributed by atoms with Crippen molar-refractivity contribution in [2.75, 3.05) is 18.1 Å². The zero-order valence-corrected chi connectivity index (χ0v) is 13.1. The zero-order valence-electron chi connectivity index (χ0n) is 13.1. The van der Waals surface area contributed by atoms with Crippen molar-refractivity contribution in [2.45, 2.75) is 38.2 Å². The predicted molar refractivity (Wildman–Crippen MR) is 81.5 cm³/mol. The van der Waals surface area contributed by atoms with Gasteiger partial charge in [-0.15, -0.1) is 0 Å². The lowest BCUT2D eigenvalue weighted by molar-refractivity contribution is -0.150. The highest BCUT2D eigenvalue weighted by atomic mass is 19.1. The predicted octanol–water partition coefficient (Wildman–Crippen LogP) is 3.27. The first kappa shape index (κ1) is 15.8. The van der Waals surface area contributed by atoms with Gasteiger partial charge in [-0.3, -0.25) is 9.69 Å². The van der Waals surface area contributed by atoms with Gasteiger partial charge >= 0.3 is 12.1 Å². The highest BCUT2D eigenvalue weighted by molar-refractivity contribution is 5.90. The lowest BCUT2D eigenvalue weighted by Crippen LogP contribution is -2.40. The van der Waals surface area contributed by atoms with Gasteiger partial charge in [0, 0.05) is 0 Å². The Bertz CT molecular complexity index is 610. The average Bonchev–Trinajstić information content (AvgIpc) is 2.85. The highest BCUT2D eigenvalue weighted by Crippen LogP contribution is 2.41. The SMILES string of the molecule is CCOC(=O)[C@H]1CC[C@]2(CC1)CN(c1ccccc1F)C(=O)O2. The molecule has 1 aliphatic carbocycles. The molecule has 3 rings (SSSR count). The number of para-hydroxylation sites is 1. The van der Waals surface area contributed by atoms with Gasteiger partial charge in [0.15, 0.2) is 0 Å². The number of rotatable bonds is 3. The number of esters is 1. The molecule has 0 aromatic heterocycles. The van der Waals surface area contributed by atoms with Crippen LogP contribution in [0, 0.1) is 11.7 Å². The maximum Gasteiger partial charge on any atom is 0.415 e. The first-order chi connectivity index (χ1) is 11.0. The number of nitrogens with zero attached hydrogens (tertiary/aromatic N) is 1. The molecule has 1 aromatic carbocycles. The molecule has 2 fully saturated rings. The fourth-order valence-electron chi connectivity index (χ4n) is 3.38. The summed E-state index contributed by atoms with van der Waals surface area (Å²) >= 11 is 0. The molecule has 0 N–H and O–H groups in total. The Morgan fingerprint density at radius 3 is 2.74 bits per heavy atom. The van der Waals surface area contributed by atoms with Crippen molar-refractivity contribution in [2.24, 2.45) is 5.92 Å². The number of hydrogen-bond acceptors (Lipinski definition) is 4. The van der Waals surface area contributed by atoms with Crippen molar-refractivity contribution < 1.29 is 23.5 Å². The summed E-state index contributed by atoms with van der Waals surface area (Å²) in [6.45, 7) is 2.48. The quantitative estimate of drug-likeness (QED) is 0.802. The molecule has 1 saturated heterocycles. The molecule has 23 heavy (non-hydrogen) atoms. The second-order valence-corrected chi connectivity index (χ2v) is 6.11. The van der Waals surface area contributed by atoms with E-state index in [2.05, 4.69) is 0 Å². The van der Waals surface area contributed by atoms with Crippen LogP contribution in [0.4, 0.5) is 14.9 Å². The normalized spacial score (nSPS) is 27.1. The van der Waals surface area contributed by atoms with Gasteiger partial charge in [0.2, 0.25) is 0 Å². The molecule has 2 aliphatic rings. The van der Waals surface area contributed by atoms with E-state index in [0.717, 1.165) is 0 Å². The van der Waals surface area contributed by atoms with Crippen LogP contribution in [0.2, 0.25) is 0 Å². The molecule has 6 heteroatoms. The minimum absolute atomic E-state index is 0.137. The molecule has 1 heterocycles. The van der Waals surface area contributed by atoms with Crippen molar-refractivity contribution in [3.63, 3.8) is 0 Å². The number of halogens is 1. The van der Waals surface area contributed by atoms with E-state index in [9.17, 15) is 14.0 Å². The van der Waals surface area contributed by atoms with Gasteiger partial charge in [-0.05, 0) is 44.7 Å². The Morgan fingerprint density at radius 2 is 2.09 bits per heavy atom. The fourth-order valence-corrected chi connectivity index (χ4v) is 3.38. The van der Waals surface area contributed by atoms with E-state index in [-0.39, 0.29) is 17.6 Å². The van der Waals surface area contributed by atoms with E-state index in [4.69, 9.17) is 9.47 Å². The van der Waals surface area contributed by atoms with Crippen molar-refractivity contribution in [3.05, 3.63) is 30.1 Å². The van der Waals surface area contributed by atoms with Crippen LogP contribution in [-0.2, 0) is 14.3 Å². The van der Waals surface area contributed by atoms with E-state index in [1.807, 2.05) is 0 Å². The standard InChI is InChI=1S/C17H20FNO4/c1-2-22-15(20)12-7-9-17(10-8-12)11-19(16(21)23-17)14-6-4-3-5-13(14)18/h3-6,12H,2,7-11H2,1H3/t12-,17-. The first-order valence-electron chi connectivity index (χ1n) is 7.96. The molecular formula is C17H20FNO4. The summed E-state index contributed by atoms with van der Waals surface area (Å²) in [4.78, 5) is 25.3. The molecule has 0 unspecified atom stereocenters. The van der Waals surface area contributed by atoms with Crippen LogP contribution >= 0.6 is 0 Å². The lowest BCUT2D eigenvalue weighted by Gasteiger charge is -2.34. The minimum atomic E-state index is -0.623. The van der Waals surface area contributed by atoms with Gasteiger partial charge in [0.25, 0.3) is 0 Å². The van der Waals surface area contributed by atoms with Gasteiger partial charge < -0.3 is 9.47 Å². The highest BCUT2D eigenvalue weighted by Gasteiger charge is 2.49. The monoisotopic (exact) mass is 321 g/mol. The third kappa shape index (κ3) is 3.02. The van der Waals surface area contributed by atoms with E-state index < -0.39 is 17.5 Å². The summed E-state index contributed by atoms with van der Waals surface area (Å²) in [7, 11) is 0. The molecule has 1 aliphatic heterocycles. The van der Waals surface area contributed by atoms with Gasteiger partial charge in [0.05, 0.1) is 24.8 Å². The van der Waals surface area contributed by atoms with Crippen LogP contribution in [0.25, 0.3) is 0 Å². The van der Waals surface area contributed by atoms with Gasteiger partial charge in [-0.1, -0.05) is 12.1 Å². The van der Waals surface area contributed by atoms with Crippen LogP contribution in [0.15, 0.2) is 24.3 Å². The van der Waals surface area contributed by atoms with Gasteiger partial charge in [-0.25, -0.2) is 9.18 Å². The topological polar surface area (TPSA) is 55.8 Å². The molecule has 0 atom stereocenters. The van der Waals surface area contributed by atoms with Crippen LogP contribution in [0.3, 0.4) is 0 Å². The van der Waals surface area contributed by atoms with Crippen molar-refractivity contribution in [1.82, 2.24) is 0 Å². The molecule has 0 radical (unpaired) electrons. The molecule has 1 amide bonds. The van der Waals surface area contributed by atoms with E-state index >= 15 is 0 Å². The number of carbonyl (C=O) groups is 2. The van der Waals surface area contributed by atoms with Crippen LogP contribution in [0.1, 0.15) is 32.6 Å². The molecule has 1 saturated carbocycles. The van der Waals surface area contributed by atoms with Crippen LogP contribution < -0.4 is 4.90 Å². The third-order valence-electron chi connectivity index (χ3n) is 4.63. The smallest absolute Gasteiger partial charge is 0.415 e. The Morgan fingerprint density at radius 1 is 1.39 bits per heavy atom. The zero-order chi connectivity index (χ0) is 16.4. The Kier molecular flexibility index (Phi) is 4.24. The van der Waals surface area contributed by atoms with Crippen molar-refractivity contribution in [1.29, 1.82) is 0 Å². The van der Waals surface area contributed by atoms with Gasteiger partial charge in [0.1, 0.15) is 11.4 Å². The number of anilines is 1. The minimum Gasteiger partial charge on any atom is -0.466 e. The molecule has 1 aromatic rings. The number of amides is 1. The maximum absolute atomic E-state index is 13.9. The molecule has 5 nitrogen and oxygen atoms in total. The second-order valence-electron chi connectivity index (χ2n) is 6.11. The maximum atomic E-state index is 13.9. The lowest BCUT2D eigenvalue weighted by atomic mass is 9.78. The number of ether oxygens (including phenoxy) is 2. The summed E-state index contributed by atoms with van der Waals surface area (Å²) in [6.07, 6.45) is 1.90. The van der Waals surface area contributed by atoms with E-state index in [1.54, 1.807) is 25.1 Å². The Labute approximate surface area is 134 Å². The average molecular weight is 321 g/mol. The summed E-state index contributed by atoms with van der Waals surface area (Å²) < 4.78 is 24.5. The number of hydrogen-bond donors (Lipinski definition) is 0. The Hall–Kier alpha value is -2.11. The fraction of sp³-hybridized carbons (Fsp3) is 0.529. The van der Waals surface area contributed by atoms with Crippen molar-refractivity contribution in [3.8, 4) is 0 Å². The number of benzene rings is 1. The first-order valence-corrected chi connectivity index (χ1v) is 7.96. The van der Waals surface area contributed by atoms with Crippen LogP contribution in [-0.4, -0.2) is 30.8 Å². The second kappa shape index (κ2) is 6.18. The van der Waals surface area contributed by atoms with Crippen molar-refractivity contribution >= 4 is 17.7 Å². The van der Waals surface area contributed by atoms with E-state index in [1.165, 1.54) is 11.0 Å². The summed E-state index contributed by atoms with van der Waals surface area (Å²) in [6, 6.07) is 6.17. The molecule has 0 bridgehead atoms. The van der Waals surface area contributed by atoms with E-state index in [0.29, 0.717) is 38.8 Å². The Balaban J connectivity index is 1.69. The summed E-state index contributed by atoms with van der Waals surface area (Å²) in [5.74, 6) is -0.763. The summed E-state index contributed by atoms with van der Waals surface area (Å²) in [5, 5.41) is 0. The van der Waals surface area contributed by atoms with Crippen LogP contribution in [0.5, 0.6) is 0 Å². The summed E-state index contributed by atoms with van der Waals surface area (Å²) in [5.41, 5.74) is -0.385.